The van der Waals surface area contributed by atoms with E-state index >= 15 is 0 Å². The van der Waals surface area contributed by atoms with Gasteiger partial charge in [-0.25, -0.2) is 0 Å². The van der Waals surface area contributed by atoms with E-state index < -0.39 is 11.9 Å². The molecule has 0 bridgehead atoms. The molecule has 1 atom stereocenters. The number of carbonyl (C=O) groups excluding carboxylic acids is 2. The molecular weight excluding hydrogens is 389 g/mol. The van der Waals surface area contributed by atoms with Gasteiger partial charge in [-0.2, -0.15) is 0 Å². The predicted octanol–water partition coefficient (Wildman–Crippen LogP) is 3.45. The van der Waals surface area contributed by atoms with Crippen molar-refractivity contribution in [3.63, 3.8) is 0 Å². The van der Waals surface area contributed by atoms with Crippen molar-refractivity contribution in [1.29, 1.82) is 0 Å². The summed E-state index contributed by atoms with van der Waals surface area (Å²) in [6.07, 6.45) is 1.15. The van der Waals surface area contributed by atoms with Gasteiger partial charge in [0.2, 0.25) is 0 Å². The van der Waals surface area contributed by atoms with Crippen molar-refractivity contribution >= 4 is 35.1 Å². The Bertz CT molecular complexity index is 823. The molecule has 0 saturated heterocycles. The minimum absolute atomic E-state index is 0.228. The van der Waals surface area contributed by atoms with Gasteiger partial charge < -0.3 is 14.8 Å². The van der Waals surface area contributed by atoms with Gasteiger partial charge in [0.05, 0.1) is 5.92 Å². The van der Waals surface area contributed by atoms with E-state index in [1.807, 2.05) is 12.1 Å². The fraction of sp³-hybridized carbons (Fsp3) is 0.300. The van der Waals surface area contributed by atoms with Gasteiger partial charge in [0.25, 0.3) is 5.91 Å². The molecule has 1 aliphatic heterocycles. The second kappa shape index (κ2) is 9.11. The molecule has 1 amide bonds. The molecule has 7 heteroatoms. The summed E-state index contributed by atoms with van der Waals surface area (Å²) in [5, 5.41) is 3.99. The summed E-state index contributed by atoms with van der Waals surface area (Å²) in [5.74, 6) is -0.507. The molecule has 0 saturated carbocycles. The van der Waals surface area contributed by atoms with Crippen LogP contribution in [0, 0.1) is 5.92 Å². The monoisotopic (exact) mass is 407 g/mol. The highest BCUT2D eigenvalue weighted by molar-refractivity contribution is 6.30. The van der Waals surface area contributed by atoms with Crippen LogP contribution >= 0.6 is 23.2 Å². The maximum atomic E-state index is 12.2. The molecule has 3 rings (SSSR count). The predicted molar refractivity (Wildman–Crippen MR) is 103 cm³/mol. The van der Waals surface area contributed by atoms with Gasteiger partial charge in [-0.1, -0.05) is 35.3 Å². The van der Waals surface area contributed by atoms with E-state index in [0.717, 1.165) is 16.9 Å². The number of amides is 1. The van der Waals surface area contributed by atoms with Crippen molar-refractivity contribution in [2.75, 3.05) is 19.8 Å². The SMILES string of the molecule is O=C(COC(=O)[C@H]1COc2ccc(Cl)cc2C1)NCCc1ccc(Cl)cc1. The van der Waals surface area contributed by atoms with E-state index in [0.29, 0.717) is 29.4 Å². The molecule has 1 N–H and O–H groups in total. The smallest absolute Gasteiger partial charge is 0.313 e. The molecule has 1 heterocycles. The second-order valence-corrected chi connectivity index (χ2v) is 7.17. The zero-order chi connectivity index (χ0) is 19.2. The third kappa shape index (κ3) is 5.62. The lowest BCUT2D eigenvalue weighted by Crippen LogP contribution is -2.34. The Hall–Kier alpha value is -2.24. The number of carbonyl (C=O) groups is 2. The zero-order valence-electron chi connectivity index (χ0n) is 14.5. The Labute approximate surface area is 167 Å². The number of ether oxygens (including phenoxy) is 2. The first-order valence-corrected chi connectivity index (χ1v) is 9.36. The third-order valence-corrected chi connectivity index (χ3v) is 4.74. The van der Waals surface area contributed by atoms with E-state index in [-0.39, 0.29) is 19.1 Å². The first kappa shape index (κ1) is 19.5. The Morgan fingerprint density at radius 3 is 2.63 bits per heavy atom. The number of esters is 1. The van der Waals surface area contributed by atoms with Gasteiger partial charge in [0, 0.05) is 16.6 Å². The largest absolute Gasteiger partial charge is 0.492 e. The highest BCUT2D eigenvalue weighted by Gasteiger charge is 2.27. The van der Waals surface area contributed by atoms with Crippen LogP contribution in [0.2, 0.25) is 10.0 Å². The Balaban J connectivity index is 1.40. The summed E-state index contributed by atoms with van der Waals surface area (Å²) in [5.41, 5.74) is 1.93. The lowest BCUT2D eigenvalue weighted by molar-refractivity contribution is -0.153. The minimum atomic E-state index is -0.450. The van der Waals surface area contributed by atoms with Crippen molar-refractivity contribution in [3.8, 4) is 5.75 Å². The maximum absolute atomic E-state index is 12.2. The highest BCUT2D eigenvalue weighted by Crippen LogP contribution is 2.30. The molecule has 2 aromatic rings. The number of rotatable bonds is 6. The lowest BCUT2D eigenvalue weighted by atomic mass is 9.97. The number of hydrogen-bond donors (Lipinski definition) is 1. The van der Waals surface area contributed by atoms with Crippen LogP contribution in [-0.2, 0) is 27.2 Å². The summed E-state index contributed by atoms with van der Waals surface area (Å²) in [6, 6.07) is 12.7. The van der Waals surface area contributed by atoms with E-state index in [4.69, 9.17) is 32.7 Å². The zero-order valence-corrected chi connectivity index (χ0v) is 16.1. The van der Waals surface area contributed by atoms with Crippen molar-refractivity contribution in [3.05, 3.63) is 63.6 Å². The average molecular weight is 408 g/mol. The minimum Gasteiger partial charge on any atom is -0.492 e. The normalized spacial score (nSPS) is 15.4. The summed E-state index contributed by atoms with van der Waals surface area (Å²) in [7, 11) is 0. The van der Waals surface area contributed by atoms with E-state index in [1.165, 1.54) is 0 Å². The van der Waals surface area contributed by atoms with Crippen LogP contribution < -0.4 is 10.1 Å². The summed E-state index contributed by atoms with van der Waals surface area (Å²) < 4.78 is 10.7. The van der Waals surface area contributed by atoms with Crippen molar-refractivity contribution in [2.24, 2.45) is 5.92 Å². The number of fused-ring (bicyclic) bond motifs is 1. The molecule has 5 nitrogen and oxygen atoms in total. The molecule has 0 aromatic heterocycles. The van der Waals surface area contributed by atoms with Gasteiger partial charge in [0.1, 0.15) is 12.4 Å². The molecule has 0 fully saturated rings. The van der Waals surface area contributed by atoms with Gasteiger partial charge in [-0.15, -0.1) is 0 Å². The molecule has 27 heavy (non-hydrogen) atoms. The molecule has 0 radical (unpaired) electrons. The maximum Gasteiger partial charge on any atom is 0.313 e. The number of nitrogens with one attached hydrogen (secondary N) is 1. The van der Waals surface area contributed by atoms with Gasteiger partial charge in [-0.05, 0) is 54.3 Å². The van der Waals surface area contributed by atoms with Gasteiger partial charge >= 0.3 is 5.97 Å². The van der Waals surface area contributed by atoms with Crippen LogP contribution in [-0.4, -0.2) is 31.6 Å². The summed E-state index contributed by atoms with van der Waals surface area (Å²) in [4.78, 5) is 24.1. The Morgan fingerprint density at radius 2 is 1.85 bits per heavy atom. The van der Waals surface area contributed by atoms with E-state index in [9.17, 15) is 9.59 Å². The second-order valence-electron chi connectivity index (χ2n) is 6.30. The van der Waals surface area contributed by atoms with Crippen LogP contribution in [0.1, 0.15) is 11.1 Å². The Kier molecular flexibility index (Phi) is 6.58. The van der Waals surface area contributed by atoms with Crippen LogP contribution in [0.3, 0.4) is 0 Å². The molecule has 2 aromatic carbocycles. The molecule has 0 unspecified atom stereocenters. The first-order valence-electron chi connectivity index (χ1n) is 8.60. The number of hydrogen-bond acceptors (Lipinski definition) is 4. The molecule has 0 aliphatic carbocycles. The quantitative estimate of drug-likeness (QED) is 0.744. The third-order valence-electron chi connectivity index (χ3n) is 4.26. The molecule has 1 aliphatic rings. The molecule has 142 valence electrons. The molecule has 0 spiro atoms. The summed E-state index contributed by atoms with van der Waals surface area (Å²) in [6.45, 7) is 0.375. The van der Waals surface area contributed by atoms with Crippen LogP contribution in [0.5, 0.6) is 5.75 Å². The van der Waals surface area contributed by atoms with E-state index in [2.05, 4.69) is 5.32 Å². The van der Waals surface area contributed by atoms with Crippen molar-refractivity contribution in [1.82, 2.24) is 5.32 Å². The molecular formula is C20H19Cl2NO4. The van der Waals surface area contributed by atoms with Crippen LogP contribution in [0.15, 0.2) is 42.5 Å². The standard InChI is InChI=1S/C20H19Cl2NO4/c21-16-3-1-13(2-4-16)7-8-23-19(24)12-27-20(25)15-9-14-10-17(22)5-6-18(14)26-11-15/h1-6,10,15H,7-9,11-12H2,(H,23,24)/t15-/m1/s1. The van der Waals surface area contributed by atoms with Gasteiger partial charge in [-0.3, -0.25) is 9.59 Å². The van der Waals surface area contributed by atoms with E-state index in [1.54, 1.807) is 30.3 Å². The topological polar surface area (TPSA) is 64.6 Å². The van der Waals surface area contributed by atoms with Crippen molar-refractivity contribution in [2.45, 2.75) is 12.8 Å². The van der Waals surface area contributed by atoms with Crippen LogP contribution in [0.4, 0.5) is 0 Å². The number of benzene rings is 2. The highest BCUT2D eigenvalue weighted by atomic mass is 35.5. The van der Waals surface area contributed by atoms with Crippen LogP contribution in [0.25, 0.3) is 0 Å². The van der Waals surface area contributed by atoms with Crippen molar-refractivity contribution < 1.29 is 19.1 Å². The van der Waals surface area contributed by atoms with Gasteiger partial charge in [0.15, 0.2) is 6.61 Å². The lowest BCUT2D eigenvalue weighted by Gasteiger charge is -2.24. The first-order chi connectivity index (χ1) is 13.0. The Morgan fingerprint density at radius 1 is 1.11 bits per heavy atom. The average Bonchev–Trinajstić information content (AvgIpc) is 2.67. The fourth-order valence-corrected chi connectivity index (χ4v) is 3.14. The fourth-order valence-electron chi connectivity index (χ4n) is 2.82. The number of halogens is 2. The summed E-state index contributed by atoms with van der Waals surface area (Å²) >= 11 is 11.8.